The summed E-state index contributed by atoms with van der Waals surface area (Å²) in [5, 5.41) is 9.52. The fourth-order valence-electron chi connectivity index (χ4n) is 5.75. The molecule has 4 heterocycles. The van der Waals surface area contributed by atoms with E-state index < -0.39 is 16.9 Å². The highest BCUT2D eigenvalue weighted by Crippen LogP contribution is 2.43. The molecule has 43 heavy (non-hydrogen) atoms. The summed E-state index contributed by atoms with van der Waals surface area (Å²) < 4.78 is 14.4. The molecular formula is C34H44FN5O3. The predicted octanol–water partition coefficient (Wildman–Crippen LogP) is 6.48. The second-order valence-corrected chi connectivity index (χ2v) is 13.0. The molecule has 0 radical (unpaired) electrons. The molecule has 0 aliphatic carbocycles. The van der Waals surface area contributed by atoms with E-state index in [1.807, 2.05) is 56.9 Å². The lowest BCUT2D eigenvalue weighted by atomic mass is 9.86. The SMILES string of the molecule is CC.Cc1ccc(N2CC(C)(C)c3nc(C(=O)N4CCN(c5ccc(C(C)(C)C(=O)O)cn5)CC4(C)C)ccc32)cc1F. The number of piperazine rings is 1. The first-order chi connectivity index (χ1) is 20.1. The molecule has 230 valence electrons. The summed E-state index contributed by atoms with van der Waals surface area (Å²) in [6.07, 6.45) is 1.62. The van der Waals surface area contributed by atoms with Crippen LogP contribution in [0.1, 0.15) is 82.7 Å². The minimum absolute atomic E-state index is 0.125. The number of halogens is 1. The first-order valence-corrected chi connectivity index (χ1v) is 14.9. The second kappa shape index (κ2) is 11.6. The lowest BCUT2D eigenvalue weighted by Gasteiger charge is -2.47. The van der Waals surface area contributed by atoms with Gasteiger partial charge in [-0.25, -0.2) is 14.4 Å². The van der Waals surface area contributed by atoms with Crippen LogP contribution >= 0.6 is 0 Å². The van der Waals surface area contributed by atoms with E-state index in [-0.39, 0.29) is 17.1 Å². The van der Waals surface area contributed by atoms with Crippen LogP contribution in [0.2, 0.25) is 0 Å². The Morgan fingerprint density at radius 1 is 0.977 bits per heavy atom. The van der Waals surface area contributed by atoms with Crippen molar-refractivity contribution in [2.24, 2.45) is 0 Å². The summed E-state index contributed by atoms with van der Waals surface area (Å²) in [7, 11) is 0. The number of hydrogen-bond donors (Lipinski definition) is 1. The fourth-order valence-corrected chi connectivity index (χ4v) is 5.75. The molecule has 0 spiro atoms. The number of nitrogens with zero attached hydrogens (tertiary/aromatic N) is 5. The van der Waals surface area contributed by atoms with E-state index in [0.717, 1.165) is 22.9 Å². The zero-order valence-electron chi connectivity index (χ0n) is 26.8. The van der Waals surface area contributed by atoms with Crippen LogP contribution in [0.4, 0.5) is 21.6 Å². The number of rotatable bonds is 5. The van der Waals surface area contributed by atoms with Gasteiger partial charge in [-0.2, -0.15) is 0 Å². The number of aromatic nitrogens is 2. The first-order valence-electron chi connectivity index (χ1n) is 14.9. The number of aliphatic carboxylic acids is 1. The maximum Gasteiger partial charge on any atom is 0.313 e. The summed E-state index contributed by atoms with van der Waals surface area (Å²) in [4.78, 5) is 41.0. The molecule has 2 aliphatic heterocycles. The van der Waals surface area contributed by atoms with Gasteiger partial charge >= 0.3 is 5.97 Å². The third kappa shape index (κ3) is 5.94. The summed E-state index contributed by atoms with van der Waals surface area (Å²) in [5.74, 6) is -0.523. The lowest BCUT2D eigenvalue weighted by molar-refractivity contribution is -0.142. The normalized spacial score (nSPS) is 17.2. The molecular weight excluding hydrogens is 545 g/mol. The minimum Gasteiger partial charge on any atom is -0.481 e. The number of amides is 1. The Balaban J connectivity index is 0.00000207. The Labute approximate surface area is 254 Å². The highest BCUT2D eigenvalue weighted by molar-refractivity contribution is 5.94. The van der Waals surface area contributed by atoms with Gasteiger partial charge in [-0.05, 0) is 76.1 Å². The summed E-state index contributed by atoms with van der Waals surface area (Å²) >= 11 is 0. The first kappa shape index (κ1) is 31.9. The molecule has 1 fully saturated rings. The standard InChI is InChI=1S/C32H38FN5O3.C2H6/c1-20-8-10-22(16-23(20)33)37-18-30(2,3)27-25(37)12-11-24(35-27)28(39)38-15-14-36(19-31(38,4)5)26-13-9-21(17-34-26)32(6,7)29(40)41;1-2/h8-13,16-17H,14-15,18-19H2,1-7H3,(H,40,41);1-2H3. The van der Waals surface area contributed by atoms with Crippen molar-refractivity contribution in [3.05, 3.63) is 77.0 Å². The highest BCUT2D eigenvalue weighted by atomic mass is 19.1. The van der Waals surface area contributed by atoms with Crippen LogP contribution in [0.3, 0.4) is 0 Å². The number of aryl methyl sites for hydroxylation is 1. The Morgan fingerprint density at radius 2 is 1.67 bits per heavy atom. The van der Waals surface area contributed by atoms with Gasteiger partial charge in [0.25, 0.3) is 5.91 Å². The summed E-state index contributed by atoms with van der Waals surface area (Å²) in [6, 6.07) is 12.6. The van der Waals surface area contributed by atoms with Crippen LogP contribution in [0.5, 0.6) is 0 Å². The van der Waals surface area contributed by atoms with E-state index in [1.165, 1.54) is 0 Å². The van der Waals surface area contributed by atoms with Crippen molar-refractivity contribution < 1.29 is 19.1 Å². The molecule has 3 aromatic rings. The number of anilines is 3. The minimum atomic E-state index is -1.03. The van der Waals surface area contributed by atoms with Crippen LogP contribution in [-0.4, -0.2) is 63.6 Å². The van der Waals surface area contributed by atoms with Crippen LogP contribution in [0.15, 0.2) is 48.7 Å². The van der Waals surface area contributed by atoms with E-state index in [1.54, 1.807) is 45.2 Å². The number of carbonyl (C=O) groups excluding carboxylic acids is 1. The number of benzene rings is 1. The molecule has 1 amide bonds. The van der Waals surface area contributed by atoms with Gasteiger partial charge < -0.3 is 19.8 Å². The summed E-state index contributed by atoms with van der Waals surface area (Å²) in [5.41, 5.74) is 2.27. The largest absolute Gasteiger partial charge is 0.481 e. The van der Waals surface area contributed by atoms with Gasteiger partial charge in [0.15, 0.2) is 0 Å². The quantitative estimate of drug-likeness (QED) is 0.364. The van der Waals surface area contributed by atoms with Gasteiger partial charge in [-0.1, -0.05) is 39.8 Å². The Hall–Kier alpha value is -4.01. The van der Waals surface area contributed by atoms with Crippen LogP contribution < -0.4 is 9.80 Å². The van der Waals surface area contributed by atoms with Gasteiger partial charge in [-0.3, -0.25) is 9.59 Å². The number of hydrogen-bond acceptors (Lipinski definition) is 6. The Kier molecular flexibility index (Phi) is 8.60. The number of fused-ring (bicyclic) bond motifs is 1. The third-order valence-corrected chi connectivity index (χ3v) is 8.52. The smallest absolute Gasteiger partial charge is 0.313 e. The number of pyridine rings is 2. The molecule has 9 heteroatoms. The Morgan fingerprint density at radius 3 is 2.26 bits per heavy atom. The topological polar surface area (TPSA) is 89.9 Å². The van der Waals surface area contributed by atoms with Crippen molar-refractivity contribution in [2.45, 2.75) is 78.7 Å². The maximum absolute atomic E-state index is 14.4. The molecule has 5 rings (SSSR count). The van der Waals surface area contributed by atoms with Crippen molar-refractivity contribution in [3.63, 3.8) is 0 Å². The molecule has 0 atom stereocenters. The van der Waals surface area contributed by atoms with E-state index in [4.69, 9.17) is 4.98 Å². The molecule has 0 unspecified atom stereocenters. The molecule has 2 aliphatic rings. The van der Waals surface area contributed by atoms with Gasteiger partial charge in [-0.15, -0.1) is 0 Å². The Bertz CT molecular complexity index is 1520. The van der Waals surface area contributed by atoms with Crippen molar-refractivity contribution in [3.8, 4) is 0 Å². The monoisotopic (exact) mass is 589 g/mol. The van der Waals surface area contributed by atoms with Crippen molar-refractivity contribution >= 4 is 29.1 Å². The van der Waals surface area contributed by atoms with Crippen molar-refractivity contribution in [1.82, 2.24) is 14.9 Å². The fraction of sp³-hybridized carbons (Fsp3) is 0.471. The molecule has 1 saturated heterocycles. The maximum atomic E-state index is 14.4. The van der Waals surface area contributed by atoms with Crippen molar-refractivity contribution in [2.75, 3.05) is 36.0 Å². The zero-order chi connectivity index (χ0) is 31.9. The van der Waals surface area contributed by atoms with E-state index >= 15 is 0 Å². The molecule has 0 bridgehead atoms. The number of carboxylic acids is 1. The van der Waals surface area contributed by atoms with E-state index in [9.17, 15) is 19.1 Å². The average Bonchev–Trinajstić information content (AvgIpc) is 3.24. The van der Waals surface area contributed by atoms with Gasteiger partial charge in [0, 0.05) is 43.5 Å². The van der Waals surface area contributed by atoms with Crippen LogP contribution in [-0.2, 0) is 15.6 Å². The molecule has 1 N–H and O–H groups in total. The molecule has 2 aromatic heterocycles. The number of carboxylic acid groups (broad SMARTS) is 1. The molecule has 8 nitrogen and oxygen atoms in total. The summed E-state index contributed by atoms with van der Waals surface area (Å²) in [6.45, 7) is 19.6. The third-order valence-electron chi connectivity index (χ3n) is 8.52. The van der Waals surface area contributed by atoms with Crippen molar-refractivity contribution in [1.29, 1.82) is 0 Å². The molecule has 1 aromatic carbocycles. The lowest BCUT2D eigenvalue weighted by Crippen LogP contribution is -2.61. The number of carbonyl (C=O) groups is 2. The van der Waals surface area contributed by atoms with E-state index in [0.29, 0.717) is 43.0 Å². The van der Waals surface area contributed by atoms with Gasteiger partial charge in [0.1, 0.15) is 17.3 Å². The second-order valence-electron chi connectivity index (χ2n) is 13.0. The highest BCUT2D eigenvalue weighted by Gasteiger charge is 2.41. The van der Waals surface area contributed by atoms with Gasteiger partial charge in [0.2, 0.25) is 0 Å². The molecule has 0 saturated carbocycles. The van der Waals surface area contributed by atoms with Crippen LogP contribution in [0.25, 0.3) is 0 Å². The average molecular weight is 590 g/mol. The van der Waals surface area contributed by atoms with E-state index in [2.05, 4.69) is 28.6 Å². The predicted molar refractivity (Wildman–Crippen MR) is 169 cm³/mol. The zero-order valence-corrected chi connectivity index (χ0v) is 26.8. The van der Waals surface area contributed by atoms with Gasteiger partial charge in [0.05, 0.1) is 22.3 Å². The van der Waals surface area contributed by atoms with Crippen LogP contribution in [0, 0.1) is 12.7 Å².